The number of methoxy groups -OCH3 is 2. The predicted octanol–water partition coefficient (Wildman–Crippen LogP) is 11.2. The molecule has 2 saturated carbocycles. The Morgan fingerprint density at radius 2 is 1.03 bits per heavy atom. The van der Waals surface area contributed by atoms with Crippen molar-refractivity contribution < 1.29 is 102 Å². The highest BCUT2D eigenvalue weighted by Crippen LogP contribution is 2.63. The van der Waals surface area contributed by atoms with E-state index in [1.54, 1.807) is 39.8 Å². The first-order valence-electron chi connectivity index (χ1n) is 33.8. The van der Waals surface area contributed by atoms with E-state index in [2.05, 4.69) is 75.0 Å². The fourth-order valence-corrected chi connectivity index (χ4v) is 20.7. The lowest BCUT2D eigenvalue weighted by molar-refractivity contribution is -0.173. The van der Waals surface area contributed by atoms with Gasteiger partial charge in [-0.15, -0.1) is 0 Å². The van der Waals surface area contributed by atoms with Gasteiger partial charge in [-0.2, -0.15) is 21.6 Å². The lowest BCUT2D eigenvalue weighted by Gasteiger charge is -2.49. The van der Waals surface area contributed by atoms with Gasteiger partial charge in [0.25, 0.3) is 0 Å². The average molecular weight is 1410 g/mol. The zero-order chi connectivity index (χ0) is 71.7. The fourth-order valence-electron chi connectivity index (χ4n) is 15.7. The molecule has 6 aliphatic carbocycles. The van der Waals surface area contributed by atoms with Gasteiger partial charge in [-0.25, -0.2) is 19.2 Å². The molecule has 25 heteroatoms. The number of aliphatic hydroxyl groups is 3. The molecule has 24 atom stereocenters. The van der Waals surface area contributed by atoms with Gasteiger partial charge < -0.3 is 61.5 Å². The molecule has 4 heterocycles. The molecular formula is C71H105F3O19SSi2. The van der Waals surface area contributed by atoms with E-state index in [0.29, 0.717) is 30.4 Å². The Bertz CT molecular complexity index is 3280. The molecule has 0 amide bonds. The summed E-state index contributed by atoms with van der Waals surface area (Å²) in [6.07, 6.45) is 17.3. The van der Waals surface area contributed by atoms with Crippen molar-refractivity contribution in [3.63, 3.8) is 0 Å². The first kappa shape index (κ1) is 77.4. The van der Waals surface area contributed by atoms with Crippen LogP contribution >= 0.6 is 0 Å². The molecule has 10 rings (SSSR count). The van der Waals surface area contributed by atoms with Crippen LogP contribution in [0, 0.1) is 59.2 Å². The van der Waals surface area contributed by atoms with Crippen LogP contribution in [0.1, 0.15) is 123 Å². The maximum absolute atomic E-state index is 13.7. The fraction of sp³-hybridized carbons (Fsp3) is 0.718. The minimum Gasteiger partial charge on any atom is -0.457 e. The van der Waals surface area contributed by atoms with Gasteiger partial charge in [0.1, 0.15) is 47.8 Å². The SMILES string of the molecule is CC(C)(C)[Si](C)(C)OS(=O)(=O)C(F)(F)F.CO[C@H]1CC2C=C[C@H]3[C@H]4O[C@]2(/C(C)=C/[C@@H](C)[C@@H]([C@@H](C)O)OC1=O)[C@@H]3[C@H](O)[C@@H](C)[C@H]4OC(=O)C1=CC=CC1.CO[C@H]1CC2C=C[C@H]3[C@H]4O[C@]2(/C(C)=C/[C@@H](C)[C@@H]([C@@H](C)O[Si](C)(C)C(C)(C)C)OC1=O)[C@@H]3[C@H](O)[C@@H](C)[C@H]4OC(=O)C1=CC=CC1. The van der Waals surface area contributed by atoms with Crippen LogP contribution in [0.25, 0.3) is 0 Å². The number of hydrogen-bond donors (Lipinski definition) is 3. The first-order chi connectivity index (χ1) is 44.3. The molecule has 4 fully saturated rings. The summed E-state index contributed by atoms with van der Waals surface area (Å²) in [6.45, 7) is 34.3. The molecule has 19 nitrogen and oxygen atoms in total. The van der Waals surface area contributed by atoms with Crippen molar-refractivity contribution >= 4 is 50.6 Å². The highest BCUT2D eigenvalue weighted by Gasteiger charge is 2.71. The van der Waals surface area contributed by atoms with Crippen LogP contribution in [-0.2, 0) is 75.5 Å². The van der Waals surface area contributed by atoms with Crippen LogP contribution in [-0.4, -0.2) is 168 Å². The van der Waals surface area contributed by atoms with Gasteiger partial charge >= 0.3 is 39.5 Å². The summed E-state index contributed by atoms with van der Waals surface area (Å²) in [6, 6.07) is 0. The summed E-state index contributed by atoms with van der Waals surface area (Å²) in [5.41, 5.74) is -4.08. The molecule has 0 aromatic carbocycles. The van der Waals surface area contributed by atoms with Crippen molar-refractivity contribution in [1.29, 1.82) is 0 Å². The van der Waals surface area contributed by atoms with E-state index < -0.39 is 128 Å². The van der Waals surface area contributed by atoms with E-state index in [1.807, 2.05) is 71.9 Å². The van der Waals surface area contributed by atoms with E-state index in [1.165, 1.54) is 27.3 Å². The molecule has 96 heavy (non-hydrogen) atoms. The van der Waals surface area contributed by atoms with E-state index in [9.17, 15) is 56.1 Å². The molecule has 8 bridgehead atoms. The number of cyclic esters (lactones) is 2. The number of halogens is 3. The maximum atomic E-state index is 13.7. The lowest BCUT2D eigenvalue weighted by Crippen LogP contribution is -2.57. The van der Waals surface area contributed by atoms with Crippen LogP contribution in [0.2, 0.25) is 36.3 Å². The largest absolute Gasteiger partial charge is 0.522 e. The van der Waals surface area contributed by atoms with E-state index in [0.717, 1.165) is 11.1 Å². The zero-order valence-corrected chi connectivity index (χ0v) is 62.2. The minimum absolute atomic E-state index is 0.00619. The third-order valence-electron chi connectivity index (χ3n) is 23.0. The van der Waals surface area contributed by atoms with Gasteiger partial charge in [0, 0.05) is 84.5 Å². The third kappa shape index (κ3) is 14.6. The Morgan fingerprint density at radius 3 is 1.38 bits per heavy atom. The van der Waals surface area contributed by atoms with Crippen LogP contribution in [0.5, 0.6) is 0 Å². The van der Waals surface area contributed by atoms with Crippen LogP contribution in [0.4, 0.5) is 13.2 Å². The summed E-state index contributed by atoms with van der Waals surface area (Å²) in [5, 5.41) is 33.5. The van der Waals surface area contributed by atoms with Crippen LogP contribution < -0.4 is 0 Å². The van der Waals surface area contributed by atoms with Crippen molar-refractivity contribution in [1.82, 2.24) is 0 Å². The molecular weight excluding hydrogens is 1300 g/mol. The maximum Gasteiger partial charge on any atom is 0.522 e. The van der Waals surface area contributed by atoms with E-state index in [-0.39, 0.29) is 88.7 Å². The first-order valence-corrected chi connectivity index (χ1v) is 41.0. The highest BCUT2D eigenvalue weighted by molar-refractivity contribution is 7.88. The summed E-state index contributed by atoms with van der Waals surface area (Å²) < 4.78 is 118. The van der Waals surface area contributed by atoms with E-state index >= 15 is 0 Å². The highest BCUT2D eigenvalue weighted by atomic mass is 32.2. The van der Waals surface area contributed by atoms with Gasteiger partial charge in [0.15, 0.2) is 20.5 Å². The third-order valence-corrected chi connectivity index (χ3v) is 34.3. The monoisotopic (exact) mass is 1410 g/mol. The van der Waals surface area contributed by atoms with Crippen LogP contribution in [0.3, 0.4) is 0 Å². The molecule has 538 valence electrons. The Morgan fingerprint density at radius 1 is 0.646 bits per heavy atom. The average Bonchev–Trinajstić information content (AvgIpc) is 1.53. The topological polar surface area (TPSA) is 255 Å². The van der Waals surface area contributed by atoms with Crippen molar-refractivity contribution in [2.45, 2.75) is 249 Å². The number of ether oxygens (including phenoxy) is 8. The molecule has 0 aromatic rings. The molecule has 0 radical (unpaired) electrons. The molecule has 3 N–H and O–H groups in total. The Balaban J connectivity index is 0.000000205. The molecule has 2 saturated heterocycles. The smallest absolute Gasteiger partial charge is 0.457 e. The van der Waals surface area contributed by atoms with Gasteiger partial charge in [-0.1, -0.05) is 142 Å². The molecule has 2 unspecified atom stereocenters. The van der Waals surface area contributed by atoms with E-state index in [4.69, 9.17) is 42.3 Å². The number of rotatable bonds is 12. The van der Waals surface area contributed by atoms with Gasteiger partial charge in [0.2, 0.25) is 8.32 Å². The number of carbonyl (C=O) groups is 4. The number of allylic oxidation sites excluding steroid dienone is 6. The molecule has 4 aliphatic heterocycles. The molecule has 2 spiro atoms. The lowest BCUT2D eigenvalue weighted by atomic mass is 9.57. The standard InChI is InChI=1S/C35H52O8Si.C29H38O8.C7H15F3O3SSi/c1-19-17-20(2)35-24(18-26(39-8)33(38)40-29(19)22(4)43-44(9,10)34(5,6)7)15-16-25-27(35)28(36)21(3)30(31(25)42-35)41-32(37)23-13-11-12-14-23;1-14-12-15(2)29-19(13-21(34-5)28(33)35-24(14)17(4)30)10-11-20-22(29)23(31)16(3)25(26(20)37-29)36-27(32)18-8-6-7-9-18;1-6(2,3)15(4,5)13-14(11,12)7(8,9)10/h11-13,15-17,19,21-22,24-31,36H,14,18H2,1-10H3;6-8,10-12,14,16-17,19-26,30-31H,9,13H2,1-5H3;1-5H3/b20-17+;15-12+;/t19-,21-,22-,24?,25-,26+,27+,28-,29+,30-,31-,35+;14-,16-,17-,19?,20-,21+,22+,23-,24+,25-,26-,29+;/m11./s1. The van der Waals surface area contributed by atoms with Crippen molar-refractivity contribution in [2.75, 3.05) is 14.2 Å². The summed E-state index contributed by atoms with van der Waals surface area (Å²) >= 11 is 0. The second kappa shape index (κ2) is 28.6. The molecule has 10 aliphatic rings. The number of esters is 4. The Hall–Kier alpha value is -4.39. The summed E-state index contributed by atoms with van der Waals surface area (Å²) in [4.78, 5) is 52.8. The number of hydrogen-bond acceptors (Lipinski definition) is 19. The van der Waals surface area contributed by atoms with Crippen LogP contribution in [0.15, 0.2) is 95.2 Å². The Labute approximate surface area is 567 Å². The minimum atomic E-state index is -5.48. The number of carbonyl (C=O) groups excluding carboxylic acids is 4. The van der Waals surface area contributed by atoms with Gasteiger partial charge in [-0.3, -0.25) is 0 Å². The zero-order valence-electron chi connectivity index (χ0n) is 59.4. The Kier molecular flexibility index (Phi) is 23.0. The number of alkyl halides is 3. The predicted molar refractivity (Wildman–Crippen MR) is 357 cm³/mol. The quantitative estimate of drug-likeness (QED) is 0.0539. The van der Waals surface area contributed by atoms with Crippen molar-refractivity contribution in [2.24, 2.45) is 59.2 Å². The number of aliphatic hydroxyl groups excluding tert-OH is 3. The second-order valence-electron chi connectivity index (χ2n) is 31.2. The van der Waals surface area contributed by atoms with Gasteiger partial charge in [-0.05, 0) is 101 Å². The van der Waals surface area contributed by atoms with Crippen molar-refractivity contribution in [3.05, 3.63) is 95.2 Å². The second-order valence-corrected chi connectivity index (χ2v) is 42.6. The summed E-state index contributed by atoms with van der Waals surface area (Å²) in [7, 11) is -7.60. The normalized spacial score (nSPS) is 39.8. The van der Waals surface area contributed by atoms with Gasteiger partial charge in [0.05, 0.1) is 24.4 Å². The van der Waals surface area contributed by atoms with Crippen molar-refractivity contribution in [3.8, 4) is 0 Å². The molecule has 0 aromatic heterocycles. The summed E-state index contributed by atoms with van der Waals surface area (Å²) in [5.74, 6) is -4.28.